The van der Waals surface area contributed by atoms with Crippen LogP contribution in [0.25, 0.3) is 5.69 Å². The van der Waals surface area contributed by atoms with Crippen LogP contribution in [-0.2, 0) is 5.41 Å². The minimum absolute atomic E-state index is 0.00658. The number of aromatic amines is 1. The Kier molecular flexibility index (Phi) is 3.72. The largest absolute Gasteiger partial charge is 0.337 e. The van der Waals surface area contributed by atoms with Crippen LogP contribution in [0.15, 0.2) is 28.9 Å². The number of H-pyrrole nitrogens is 1. The van der Waals surface area contributed by atoms with Gasteiger partial charge in [0.25, 0.3) is 0 Å². The van der Waals surface area contributed by atoms with Crippen molar-refractivity contribution in [2.24, 2.45) is 0 Å². The Bertz CT molecular complexity index is 637. The number of imidazole rings is 1. The maximum atomic E-state index is 5.97. The zero-order chi connectivity index (χ0) is 13.5. The average Bonchev–Trinajstić information content (AvgIpc) is 2.60. The SMILES string of the molecule is CC(C)(C)c1c[nH]c(=S)n1-c1ccc(Cl)cc1Br. The lowest BCUT2D eigenvalue weighted by atomic mass is 9.92. The maximum Gasteiger partial charge on any atom is 0.182 e. The highest BCUT2D eigenvalue weighted by Gasteiger charge is 2.21. The summed E-state index contributed by atoms with van der Waals surface area (Å²) in [5.74, 6) is 0. The lowest BCUT2D eigenvalue weighted by molar-refractivity contribution is 0.555. The molecule has 96 valence electrons. The molecule has 0 amide bonds. The van der Waals surface area contributed by atoms with Gasteiger partial charge in [0.2, 0.25) is 0 Å². The van der Waals surface area contributed by atoms with Crippen LogP contribution in [0.5, 0.6) is 0 Å². The van der Waals surface area contributed by atoms with E-state index in [-0.39, 0.29) is 5.41 Å². The van der Waals surface area contributed by atoms with Crippen molar-refractivity contribution in [2.45, 2.75) is 26.2 Å². The van der Waals surface area contributed by atoms with E-state index in [1.54, 1.807) is 0 Å². The van der Waals surface area contributed by atoms with E-state index in [0.717, 1.165) is 15.9 Å². The predicted molar refractivity (Wildman–Crippen MR) is 82.4 cm³/mol. The molecule has 0 unspecified atom stereocenters. The Balaban J connectivity index is 2.71. The van der Waals surface area contributed by atoms with E-state index >= 15 is 0 Å². The molecule has 0 saturated heterocycles. The van der Waals surface area contributed by atoms with E-state index in [1.807, 2.05) is 29.0 Å². The molecule has 5 heteroatoms. The minimum atomic E-state index is 0.00658. The number of benzene rings is 1. The summed E-state index contributed by atoms with van der Waals surface area (Å²) >= 11 is 14.9. The Morgan fingerprint density at radius 3 is 2.56 bits per heavy atom. The van der Waals surface area contributed by atoms with Gasteiger partial charge in [-0.1, -0.05) is 32.4 Å². The molecule has 1 N–H and O–H groups in total. The number of halogens is 2. The van der Waals surface area contributed by atoms with Gasteiger partial charge in [-0.25, -0.2) is 0 Å². The van der Waals surface area contributed by atoms with E-state index in [2.05, 4.69) is 41.7 Å². The van der Waals surface area contributed by atoms with Gasteiger partial charge in [0.05, 0.1) is 5.69 Å². The van der Waals surface area contributed by atoms with Gasteiger partial charge in [0.15, 0.2) is 4.77 Å². The monoisotopic (exact) mass is 344 g/mol. The van der Waals surface area contributed by atoms with E-state index in [0.29, 0.717) is 9.79 Å². The highest BCUT2D eigenvalue weighted by molar-refractivity contribution is 9.10. The van der Waals surface area contributed by atoms with Crippen LogP contribution in [0.4, 0.5) is 0 Å². The number of aromatic nitrogens is 2. The molecular formula is C13H14BrClN2S. The van der Waals surface area contributed by atoms with E-state index < -0.39 is 0 Å². The van der Waals surface area contributed by atoms with Crippen molar-refractivity contribution < 1.29 is 0 Å². The molecule has 0 spiro atoms. The fourth-order valence-electron chi connectivity index (χ4n) is 1.82. The van der Waals surface area contributed by atoms with Gasteiger partial charge >= 0.3 is 0 Å². The second-order valence-electron chi connectivity index (χ2n) is 5.16. The topological polar surface area (TPSA) is 20.7 Å². The van der Waals surface area contributed by atoms with E-state index in [1.165, 1.54) is 0 Å². The maximum absolute atomic E-state index is 5.97. The Hall–Kier alpha value is -0.580. The first-order valence-corrected chi connectivity index (χ1v) is 7.15. The highest BCUT2D eigenvalue weighted by atomic mass is 79.9. The Morgan fingerprint density at radius 1 is 1.33 bits per heavy atom. The van der Waals surface area contributed by atoms with Crippen LogP contribution >= 0.6 is 39.7 Å². The van der Waals surface area contributed by atoms with Crippen LogP contribution in [0, 0.1) is 4.77 Å². The standard InChI is InChI=1S/C13H14BrClN2S/c1-13(2,3)11-7-16-12(18)17(11)10-5-4-8(15)6-9(10)14/h4-7H,1-3H3,(H,16,18). The molecule has 2 aromatic rings. The van der Waals surface area contributed by atoms with Crippen molar-refractivity contribution in [1.29, 1.82) is 0 Å². The third-order valence-electron chi connectivity index (χ3n) is 2.70. The first kappa shape index (κ1) is 13.8. The van der Waals surface area contributed by atoms with Crippen molar-refractivity contribution in [3.05, 3.63) is 44.4 Å². The second-order valence-corrected chi connectivity index (χ2v) is 6.84. The molecule has 0 aliphatic heterocycles. The molecule has 2 nitrogen and oxygen atoms in total. The molecular weight excluding hydrogens is 332 g/mol. The summed E-state index contributed by atoms with van der Waals surface area (Å²) in [5.41, 5.74) is 2.14. The van der Waals surface area contributed by atoms with Crippen molar-refractivity contribution in [2.75, 3.05) is 0 Å². The number of hydrogen-bond acceptors (Lipinski definition) is 1. The van der Waals surface area contributed by atoms with Crippen LogP contribution in [0.2, 0.25) is 5.02 Å². The molecule has 0 radical (unpaired) electrons. The normalized spacial score (nSPS) is 11.8. The van der Waals surface area contributed by atoms with Crippen molar-refractivity contribution >= 4 is 39.7 Å². The van der Waals surface area contributed by atoms with Crippen molar-refractivity contribution in [1.82, 2.24) is 9.55 Å². The van der Waals surface area contributed by atoms with E-state index in [4.69, 9.17) is 23.8 Å². The molecule has 0 atom stereocenters. The number of rotatable bonds is 1. The lowest BCUT2D eigenvalue weighted by Gasteiger charge is -2.21. The zero-order valence-electron chi connectivity index (χ0n) is 10.4. The third-order valence-corrected chi connectivity index (χ3v) is 3.87. The molecule has 0 bridgehead atoms. The lowest BCUT2D eigenvalue weighted by Crippen LogP contribution is -2.17. The summed E-state index contributed by atoms with van der Waals surface area (Å²) in [4.78, 5) is 3.11. The van der Waals surface area contributed by atoms with Gasteiger partial charge in [0, 0.05) is 26.8 Å². The summed E-state index contributed by atoms with van der Waals surface area (Å²) in [6.07, 6.45) is 1.96. The van der Waals surface area contributed by atoms with Gasteiger partial charge in [-0.3, -0.25) is 4.57 Å². The van der Waals surface area contributed by atoms with Crippen LogP contribution in [-0.4, -0.2) is 9.55 Å². The zero-order valence-corrected chi connectivity index (χ0v) is 13.6. The predicted octanol–water partition coefficient (Wildman–Crippen LogP) is 5.25. The first-order valence-electron chi connectivity index (χ1n) is 5.57. The molecule has 1 heterocycles. The second kappa shape index (κ2) is 4.83. The quantitative estimate of drug-likeness (QED) is 0.700. The molecule has 0 fully saturated rings. The van der Waals surface area contributed by atoms with E-state index in [9.17, 15) is 0 Å². The minimum Gasteiger partial charge on any atom is -0.337 e. The van der Waals surface area contributed by atoms with Crippen LogP contribution < -0.4 is 0 Å². The fraction of sp³-hybridized carbons (Fsp3) is 0.308. The molecule has 0 aliphatic rings. The van der Waals surface area contributed by atoms with Crippen molar-refractivity contribution in [3.63, 3.8) is 0 Å². The summed E-state index contributed by atoms with van der Waals surface area (Å²) in [6, 6.07) is 5.70. The number of hydrogen-bond donors (Lipinski definition) is 1. The summed E-state index contributed by atoms with van der Waals surface area (Å²) in [6.45, 7) is 6.47. The molecule has 0 saturated carbocycles. The van der Waals surface area contributed by atoms with Gasteiger partial charge in [-0.2, -0.15) is 0 Å². The summed E-state index contributed by atoms with van der Waals surface area (Å²) < 4.78 is 3.65. The Morgan fingerprint density at radius 2 is 2.00 bits per heavy atom. The molecule has 2 rings (SSSR count). The molecule has 1 aromatic carbocycles. The number of nitrogens with one attached hydrogen (secondary N) is 1. The molecule has 18 heavy (non-hydrogen) atoms. The first-order chi connectivity index (χ1) is 8.30. The van der Waals surface area contributed by atoms with Crippen molar-refractivity contribution in [3.8, 4) is 5.69 Å². The summed E-state index contributed by atoms with van der Waals surface area (Å²) in [7, 11) is 0. The Labute approximate surface area is 125 Å². The molecule has 0 aliphatic carbocycles. The van der Waals surface area contributed by atoms with Gasteiger partial charge in [0.1, 0.15) is 0 Å². The third kappa shape index (κ3) is 2.56. The average molecular weight is 346 g/mol. The van der Waals surface area contributed by atoms with Gasteiger partial charge < -0.3 is 4.98 Å². The van der Waals surface area contributed by atoms with Crippen LogP contribution in [0.3, 0.4) is 0 Å². The number of nitrogens with zero attached hydrogens (tertiary/aromatic N) is 1. The van der Waals surface area contributed by atoms with Crippen LogP contribution in [0.1, 0.15) is 26.5 Å². The molecule has 1 aromatic heterocycles. The summed E-state index contributed by atoms with van der Waals surface area (Å²) in [5, 5.41) is 0.699. The fourth-order valence-corrected chi connectivity index (χ4v) is 2.94. The van der Waals surface area contributed by atoms with Gasteiger partial charge in [-0.05, 0) is 46.3 Å². The smallest absolute Gasteiger partial charge is 0.182 e. The highest BCUT2D eigenvalue weighted by Crippen LogP contribution is 2.30. The van der Waals surface area contributed by atoms with Gasteiger partial charge in [-0.15, -0.1) is 0 Å².